The van der Waals surface area contributed by atoms with Crippen molar-refractivity contribution in [3.05, 3.63) is 0 Å². The number of aliphatic hydroxyl groups is 1. The Morgan fingerprint density at radius 3 is 2.17 bits per heavy atom. The molecule has 0 saturated heterocycles. The fourth-order valence-electron chi connectivity index (χ4n) is 0.597. The van der Waals surface area contributed by atoms with Crippen molar-refractivity contribution in [3.8, 4) is 0 Å². The Morgan fingerprint density at radius 1 is 1.33 bits per heavy atom. The van der Waals surface area contributed by atoms with Gasteiger partial charge in [-0.1, -0.05) is 13.8 Å². The molecule has 0 aliphatic rings. The molecule has 0 rings (SSSR count). The third-order valence-corrected chi connectivity index (χ3v) is 1.52. The molecule has 0 aliphatic heterocycles. The molecule has 0 spiro atoms. The molecule has 0 aliphatic carbocycles. The van der Waals surface area contributed by atoms with Crippen LogP contribution in [0.5, 0.6) is 0 Å². The van der Waals surface area contributed by atoms with Gasteiger partial charge in [-0.2, -0.15) is 0 Å². The lowest BCUT2D eigenvalue weighted by atomic mass is 10.1. The van der Waals surface area contributed by atoms with Crippen LogP contribution >= 0.6 is 0 Å². The fraction of sp³-hybridized carbons (Fsp3) is 0.750. The van der Waals surface area contributed by atoms with Gasteiger partial charge in [-0.15, -0.1) is 0 Å². The molecular weight excluding hydrogens is 158 g/mol. The molecule has 1 atom stereocenters. The first-order chi connectivity index (χ1) is 5.49. The van der Waals surface area contributed by atoms with Gasteiger partial charge in [-0.3, -0.25) is 9.59 Å². The lowest BCUT2D eigenvalue weighted by molar-refractivity contribution is -0.130. The van der Waals surface area contributed by atoms with Crippen LogP contribution in [-0.2, 0) is 9.59 Å². The standard InChI is InChI=1S/C8H15NO3/c1-5(2)8(12)9-6(3)7(11)4-10/h5-6,10H,4H2,1-3H3,(H,9,12)/t6-/m0/s1. The van der Waals surface area contributed by atoms with Crippen LogP contribution in [0.2, 0.25) is 0 Å². The predicted molar refractivity (Wildman–Crippen MR) is 44.5 cm³/mol. The van der Waals surface area contributed by atoms with Crippen LogP contribution in [0.15, 0.2) is 0 Å². The molecule has 70 valence electrons. The first-order valence-electron chi connectivity index (χ1n) is 3.93. The highest BCUT2D eigenvalue weighted by Crippen LogP contribution is 1.93. The molecule has 0 heterocycles. The molecule has 0 bridgehead atoms. The molecule has 0 unspecified atom stereocenters. The molecule has 4 nitrogen and oxygen atoms in total. The summed E-state index contributed by atoms with van der Waals surface area (Å²) in [5.74, 6) is -0.688. The Balaban J connectivity index is 3.92. The molecule has 4 heteroatoms. The largest absolute Gasteiger partial charge is 0.389 e. The molecule has 1 amide bonds. The summed E-state index contributed by atoms with van der Waals surface area (Å²) in [6.07, 6.45) is 0. The summed E-state index contributed by atoms with van der Waals surface area (Å²) in [6, 6.07) is -0.593. The van der Waals surface area contributed by atoms with Gasteiger partial charge in [-0.05, 0) is 6.92 Å². The SMILES string of the molecule is CC(C)C(=O)N[C@@H](C)C(=O)CO. The Hall–Kier alpha value is -0.900. The zero-order valence-corrected chi connectivity index (χ0v) is 7.63. The molecular formula is C8H15NO3. The van der Waals surface area contributed by atoms with E-state index in [0.717, 1.165) is 0 Å². The van der Waals surface area contributed by atoms with Crippen LogP contribution < -0.4 is 5.32 Å². The van der Waals surface area contributed by atoms with Crippen LogP contribution in [-0.4, -0.2) is 29.4 Å². The molecule has 0 radical (unpaired) electrons. The molecule has 0 saturated carbocycles. The number of carbonyl (C=O) groups excluding carboxylic acids is 2. The van der Waals surface area contributed by atoms with Gasteiger partial charge in [0.05, 0.1) is 6.04 Å². The van der Waals surface area contributed by atoms with E-state index in [4.69, 9.17) is 5.11 Å². The average Bonchev–Trinajstić information content (AvgIpc) is 2.02. The monoisotopic (exact) mass is 173 g/mol. The number of rotatable bonds is 4. The van der Waals surface area contributed by atoms with Gasteiger partial charge in [0.1, 0.15) is 6.61 Å². The second kappa shape index (κ2) is 4.87. The summed E-state index contributed by atoms with van der Waals surface area (Å²) in [4.78, 5) is 21.8. The van der Waals surface area contributed by atoms with Gasteiger partial charge in [0, 0.05) is 5.92 Å². The number of Topliss-reactive ketones (excluding diaryl/α,β-unsaturated/α-hetero) is 1. The van der Waals surface area contributed by atoms with E-state index in [1.165, 1.54) is 0 Å². The van der Waals surface area contributed by atoms with Gasteiger partial charge in [0.15, 0.2) is 5.78 Å². The van der Waals surface area contributed by atoms with Crippen molar-refractivity contribution in [2.45, 2.75) is 26.8 Å². The van der Waals surface area contributed by atoms with Crippen molar-refractivity contribution < 1.29 is 14.7 Å². The van der Waals surface area contributed by atoms with E-state index in [1.54, 1.807) is 20.8 Å². The Morgan fingerprint density at radius 2 is 1.83 bits per heavy atom. The average molecular weight is 173 g/mol. The number of nitrogens with one attached hydrogen (secondary N) is 1. The second-order valence-electron chi connectivity index (χ2n) is 3.01. The lowest BCUT2D eigenvalue weighted by Crippen LogP contribution is -2.41. The van der Waals surface area contributed by atoms with E-state index in [0.29, 0.717) is 0 Å². The van der Waals surface area contributed by atoms with Crippen molar-refractivity contribution in [2.75, 3.05) is 6.61 Å². The number of hydrogen-bond acceptors (Lipinski definition) is 3. The van der Waals surface area contributed by atoms with Gasteiger partial charge in [0.2, 0.25) is 5.91 Å². The number of hydrogen-bond donors (Lipinski definition) is 2. The maximum atomic E-state index is 11.0. The van der Waals surface area contributed by atoms with Crippen LogP contribution in [0.4, 0.5) is 0 Å². The van der Waals surface area contributed by atoms with E-state index in [1.807, 2.05) is 0 Å². The summed E-state index contributed by atoms with van der Waals surface area (Å²) >= 11 is 0. The van der Waals surface area contributed by atoms with Gasteiger partial charge < -0.3 is 10.4 Å². The van der Waals surface area contributed by atoms with Gasteiger partial charge in [-0.25, -0.2) is 0 Å². The first-order valence-corrected chi connectivity index (χ1v) is 3.93. The second-order valence-corrected chi connectivity index (χ2v) is 3.01. The summed E-state index contributed by atoms with van der Waals surface area (Å²) in [7, 11) is 0. The van der Waals surface area contributed by atoms with Crippen molar-refractivity contribution in [1.82, 2.24) is 5.32 Å². The van der Waals surface area contributed by atoms with E-state index in [2.05, 4.69) is 5.32 Å². The molecule has 0 fully saturated rings. The minimum atomic E-state index is -0.593. The highest BCUT2D eigenvalue weighted by molar-refractivity contribution is 5.89. The first kappa shape index (κ1) is 11.1. The molecule has 0 aromatic heterocycles. The predicted octanol–water partition coefficient (Wildman–Crippen LogP) is -0.292. The summed E-state index contributed by atoms with van der Waals surface area (Å²) < 4.78 is 0. The van der Waals surface area contributed by atoms with Crippen molar-refractivity contribution in [3.63, 3.8) is 0 Å². The quantitative estimate of drug-likeness (QED) is 0.614. The normalized spacial score (nSPS) is 12.8. The maximum Gasteiger partial charge on any atom is 0.223 e. The molecule has 2 N–H and O–H groups in total. The highest BCUT2D eigenvalue weighted by Gasteiger charge is 2.15. The number of carbonyl (C=O) groups is 2. The van der Waals surface area contributed by atoms with Gasteiger partial charge >= 0.3 is 0 Å². The minimum Gasteiger partial charge on any atom is -0.389 e. The topological polar surface area (TPSA) is 66.4 Å². The molecule has 0 aromatic carbocycles. The summed E-state index contributed by atoms with van der Waals surface area (Å²) in [5.41, 5.74) is 0. The van der Waals surface area contributed by atoms with Crippen molar-refractivity contribution in [1.29, 1.82) is 0 Å². The number of amides is 1. The van der Waals surface area contributed by atoms with Crippen LogP contribution in [0.25, 0.3) is 0 Å². The Bertz CT molecular complexity index is 177. The number of aliphatic hydroxyl groups excluding tert-OH is 1. The van der Waals surface area contributed by atoms with E-state index < -0.39 is 12.6 Å². The fourth-order valence-corrected chi connectivity index (χ4v) is 0.597. The van der Waals surface area contributed by atoms with Gasteiger partial charge in [0.25, 0.3) is 0 Å². The minimum absolute atomic E-state index is 0.140. The smallest absolute Gasteiger partial charge is 0.223 e. The summed E-state index contributed by atoms with van der Waals surface area (Å²) in [5, 5.41) is 10.9. The molecule has 12 heavy (non-hydrogen) atoms. The van der Waals surface area contributed by atoms with Crippen molar-refractivity contribution >= 4 is 11.7 Å². The maximum absolute atomic E-state index is 11.0. The highest BCUT2D eigenvalue weighted by atomic mass is 16.3. The third kappa shape index (κ3) is 3.48. The lowest BCUT2D eigenvalue weighted by Gasteiger charge is -2.12. The molecule has 0 aromatic rings. The van der Waals surface area contributed by atoms with Crippen LogP contribution in [0.3, 0.4) is 0 Å². The van der Waals surface area contributed by atoms with Crippen LogP contribution in [0.1, 0.15) is 20.8 Å². The summed E-state index contributed by atoms with van der Waals surface area (Å²) in [6.45, 7) is 4.51. The number of ketones is 1. The van der Waals surface area contributed by atoms with E-state index in [9.17, 15) is 9.59 Å². The zero-order valence-electron chi connectivity index (χ0n) is 7.63. The van der Waals surface area contributed by atoms with Crippen molar-refractivity contribution in [2.24, 2.45) is 5.92 Å². The third-order valence-electron chi connectivity index (χ3n) is 1.52. The van der Waals surface area contributed by atoms with Crippen LogP contribution in [0, 0.1) is 5.92 Å². The Kier molecular flexibility index (Phi) is 4.51. The zero-order chi connectivity index (χ0) is 9.72. The van der Waals surface area contributed by atoms with E-state index in [-0.39, 0.29) is 17.6 Å². The van der Waals surface area contributed by atoms with E-state index >= 15 is 0 Å². The Labute approximate surface area is 72.0 Å².